The van der Waals surface area contributed by atoms with Gasteiger partial charge in [0.1, 0.15) is 5.76 Å². The fourth-order valence-corrected chi connectivity index (χ4v) is 4.08. The molecule has 0 aliphatic rings. The van der Waals surface area contributed by atoms with Gasteiger partial charge in [-0.05, 0) is 36.9 Å². The monoisotopic (exact) mass is 406 g/mol. The minimum atomic E-state index is -0.196. The van der Waals surface area contributed by atoms with Crippen molar-refractivity contribution >= 4 is 40.6 Å². The molecule has 2 heterocycles. The Labute approximate surface area is 166 Å². The topological polar surface area (TPSA) is 55.1 Å². The molecule has 26 heavy (non-hydrogen) atoms. The normalized spacial score (nSPS) is 12.1. The van der Waals surface area contributed by atoms with Crippen molar-refractivity contribution in [3.63, 3.8) is 0 Å². The molecule has 1 unspecified atom stereocenters. The van der Waals surface area contributed by atoms with Crippen molar-refractivity contribution in [3.05, 3.63) is 63.8 Å². The summed E-state index contributed by atoms with van der Waals surface area (Å²) in [5.41, 5.74) is 1.79. The summed E-state index contributed by atoms with van der Waals surface area (Å²) in [4.78, 5) is 17.9. The summed E-state index contributed by atoms with van der Waals surface area (Å²) in [6.45, 7) is 4.22. The standard InChI is InChI=1S/C19H19ClN2O2S2/c1-12-16(22-19(24-12)17-8-5-9-25-17)11-26-13(2)18(23)21-10-14-6-3-4-7-15(14)20/h3-9,13H,10-11H2,1-2H3,(H,21,23). The molecule has 0 radical (unpaired) electrons. The van der Waals surface area contributed by atoms with E-state index in [-0.39, 0.29) is 11.2 Å². The number of thioether (sulfide) groups is 1. The van der Waals surface area contributed by atoms with Crippen LogP contribution in [-0.4, -0.2) is 16.1 Å². The Morgan fingerprint density at radius 3 is 2.88 bits per heavy atom. The molecule has 1 aromatic carbocycles. The van der Waals surface area contributed by atoms with E-state index >= 15 is 0 Å². The molecular formula is C19H19ClN2O2S2. The Bertz CT molecular complexity index is 878. The fraction of sp³-hybridized carbons (Fsp3) is 0.263. The van der Waals surface area contributed by atoms with Crippen molar-refractivity contribution < 1.29 is 9.21 Å². The number of carbonyl (C=O) groups excluding carboxylic acids is 1. The van der Waals surface area contributed by atoms with Crippen LogP contribution >= 0.6 is 34.7 Å². The number of nitrogens with zero attached hydrogens (tertiary/aromatic N) is 1. The molecule has 2 aromatic heterocycles. The van der Waals surface area contributed by atoms with Crippen LogP contribution in [0.4, 0.5) is 0 Å². The van der Waals surface area contributed by atoms with E-state index in [0.29, 0.717) is 23.2 Å². The third kappa shape index (κ3) is 4.69. The van der Waals surface area contributed by atoms with Gasteiger partial charge in [0.05, 0.1) is 15.8 Å². The molecular weight excluding hydrogens is 388 g/mol. The van der Waals surface area contributed by atoms with E-state index in [1.54, 1.807) is 11.3 Å². The summed E-state index contributed by atoms with van der Waals surface area (Å²) in [5, 5.41) is 5.39. The Morgan fingerprint density at radius 2 is 2.15 bits per heavy atom. The van der Waals surface area contributed by atoms with Crippen LogP contribution in [0.3, 0.4) is 0 Å². The van der Waals surface area contributed by atoms with Crippen molar-refractivity contribution in [2.75, 3.05) is 0 Å². The summed E-state index contributed by atoms with van der Waals surface area (Å²) >= 11 is 9.25. The third-order valence-electron chi connectivity index (χ3n) is 3.87. The summed E-state index contributed by atoms with van der Waals surface area (Å²) in [7, 11) is 0. The maximum Gasteiger partial charge on any atom is 0.236 e. The smallest absolute Gasteiger partial charge is 0.236 e. The van der Waals surface area contributed by atoms with Crippen LogP contribution < -0.4 is 5.32 Å². The number of hydrogen-bond donors (Lipinski definition) is 1. The third-order valence-corrected chi connectivity index (χ3v) is 6.26. The molecule has 0 fully saturated rings. The molecule has 0 saturated heterocycles. The Morgan fingerprint density at radius 1 is 1.35 bits per heavy atom. The summed E-state index contributed by atoms with van der Waals surface area (Å²) < 4.78 is 5.74. The first kappa shape index (κ1) is 19.0. The van der Waals surface area contributed by atoms with Gasteiger partial charge in [0.15, 0.2) is 0 Å². The zero-order valence-electron chi connectivity index (χ0n) is 14.5. The molecule has 7 heteroatoms. The molecule has 3 aromatic rings. The lowest BCUT2D eigenvalue weighted by atomic mass is 10.2. The van der Waals surface area contributed by atoms with E-state index in [0.717, 1.165) is 21.9 Å². The van der Waals surface area contributed by atoms with Gasteiger partial charge >= 0.3 is 0 Å². The quantitative estimate of drug-likeness (QED) is 0.578. The van der Waals surface area contributed by atoms with Gasteiger partial charge in [0.25, 0.3) is 0 Å². The number of halogens is 1. The highest BCUT2D eigenvalue weighted by Gasteiger charge is 2.17. The lowest BCUT2D eigenvalue weighted by molar-refractivity contribution is -0.120. The Hall–Kier alpha value is -1.76. The fourth-order valence-electron chi connectivity index (χ4n) is 2.32. The number of oxazole rings is 1. The number of amides is 1. The van der Waals surface area contributed by atoms with Gasteiger partial charge in [0, 0.05) is 17.3 Å². The lowest BCUT2D eigenvalue weighted by Crippen LogP contribution is -2.30. The molecule has 3 rings (SSSR count). The zero-order chi connectivity index (χ0) is 18.5. The molecule has 1 atom stereocenters. The number of benzene rings is 1. The Kier molecular flexibility index (Phi) is 6.40. The number of thiophene rings is 1. The molecule has 0 aliphatic heterocycles. The van der Waals surface area contributed by atoms with E-state index in [1.807, 2.05) is 55.6 Å². The molecule has 0 bridgehead atoms. The van der Waals surface area contributed by atoms with Crippen LogP contribution in [0.5, 0.6) is 0 Å². The van der Waals surface area contributed by atoms with E-state index in [2.05, 4.69) is 10.3 Å². The largest absolute Gasteiger partial charge is 0.440 e. The van der Waals surface area contributed by atoms with Gasteiger partial charge in [-0.1, -0.05) is 35.9 Å². The summed E-state index contributed by atoms with van der Waals surface area (Å²) in [6, 6.07) is 11.5. The molecule has 0 saturated carbocycles. The van der Waals surface area contributed by atoms with Crippen molar-refractivity contribution in [2.24, 2.45) is 0 Å². The first-order chi connectivity index (χ1) is 12.5. The van der Waals surface area contributed by atoms with Gasteiger partial charge in [-0.25, -0.2) is 4.98 Å². The van der Waals surface area contributed by atoms with Crippen LogP contribution in [0.25, 0.3) is 10.8 Å². The number of aromatic nitrogens is 1. The highest BCUT2D eigenvalue weighted by atomic mass is 35.5. The van der Waals surface area contributed by atoms with Crippen molar-refractivity contribution in [3.8, 4) is 10.8 Å². The van der Waals surface area contributed by atoms with Crippen LogP contribution in [0.1, 0.15) is 23.9 Å². The predicted molar refractivity (Wildman–Crippen MR) is 109 cm³/mol. The number of aryl methyl sites for hydroxylation is 1. The molecule has 0 aliphatic carbocycles. The minimum absolute atomic E-state index is 0.0189. The molecule has 1 amide bonds. The highest BCUT2D eigenvalue weighted by molar-refractivity contribution is 7.99. The second kappa shape index (κ2) is 8.75. The number of hydrogen-bond acceptors (Lipinski definition) is 5. The average Bonchev–Trinajstić information content (AvgIpc) is 3.28. The number of carbonyl (C=O) groups is 1. The first-order valence-corrected chi connectivity index (χ1v) is 10.5. The van der Waals surface area contributed by atoms with Gasteiger partial charge < -0.3 is 9.73 Å². The maximum absolute atomic E-state index is 12.3. The molecule has 136 valence electrons. The van der Waals surface area contributed by atoms with Crippen LogP contribution in [0.15, 0.2) is 46.2 Å². The maximum atomic E-state index is 12.3. The van der Waals surface area contributed by atoms with Crippen molar-refractivity contribution in [1.29, 1.82) is 0 Å². The zero-order valence-corrected chi connectivity index (χ0v) is 16.9. The van der Waals surface area contributed by atoms with Crippen molar-refractivity contribution in [2.45, 2.75) is 31.4 Å². The van der Waals surface area contributed by atoms with Crippen LogP contribution in [0.2, 0.25) is 5.02 Å². The van der Waals surface area contributed by atoms with E-state index in [9.17, 15) is 4.79 Å². The molecule has 0 spiro atoms. The summed E-state index contributed by atoms with van der Waals surface area (Å²) in [6.07, 6.45) is 0. The molecule has 1 N–H and O–H groups in total. The van der Waals surface area contributed by atoms with Gasteiger partial charge in [-0.3, -0.25) is 4.79 Å². The second-order valence-corrected chi connectivity index (χ2v) is 8.45. The molecule has 4 nitrogen and oxygen atoms in total. The predicted octanol–water partition coefficient (Wildman–Crippen LogP) is 5.30. The number of rotatable bonds is 7. The number of nitrogens with one attached hydrogen (secondary N) is 1. The van der Waals surface area contributed by atoms with E-state index < -0.39 is 0 Å². The van der Waals surface area contributed by atoms with E-state index in [1.165, 1.54) is 11.8 Å². The highest BCUT2D eigenvalue weighted by Crippen LogP contribution is 2.28. The van der Waals surface area contributed by atoms with E-state index in [4.69, 9.17) is 16.0 Å². The second-order valence-electron chi connectivity index (χ2n) is 5.76. The van der Waals surface area contributed by atoms with Gasteiger partial charge in [-0.15, -0.1) is 23.1 Å². The van der Waals surface area contributed by atoms with Gasteiger partial charge in [0.2, 0.25) is 11.8 Å². The summed E-state index contributed by atoms with van der Waals surface area (Å²) in [5.74, 6) is 2.05. The average molecular weight is 407 g/mol. The van der Waals surface area contributed by atoms with Gasteiger partial charge in [-0.2, -0.15) is 0 Å². The SMILES string of the molecule is Cc1oc(-c2cccs2)nc1CSC(C)C(=O)NCc1ccccc1Cl. The lowest BCUT2D eigenvalue weighted by Gasteiger charge is -2.12. The van der Waals surface area contributed by atoms with Crippen molar-refractivity contribution in [1.82, 2.24) is 10.3 Å². The first-order valence-electron chi connectivity index (χ1n) is 8.17. The van der Waals surface area contributed by atoms with Crippen LogP contribution in [-0.2, 0) is 17.1 Å². The minimum Gasteiger partial charge on any atom is -0.440 e. The van der Waals surface area contributed by atoms with Crippen LogP contribution in [0, 0.1) is 6.92 Å². The Balaban J connectivity index is 1.53.